The fraction of sp³-hybridized carbons (Fsp3) is 0.400. The molecule has 0 unspecified atom stereocenters. The monoisotopic (exact) mass is 291 g/mol. The number of ether oxygens (including phenoxy) is 1. The van der Waals surface area contributed by atoms with Crippen LogP contribution in [0.3, 0.4) is 0 Å². The zero-order valence-corrected chi connectivity index (χ0v) is 12.4. The average Bonchev–Trinajstić information content (AvgIpc) is 3.07. The van der Waals surface area contributed by atoms with Gasteiger partial charge in [-0.15, -0.1) is 11.3 Å². The molecule has 2 aromatic heterocycles. The van der Waals surface area contributed by atoms with Gasteiger partial charge in [0.05, 0.1) is 23.3 Å². The van der Waals surface area contributed by atoms with Crippen LogP contribution in [0.5, 0.6) is 0 Å². The molecule has 5 heteroatoms. The summed E-state index contributed by atoms with van der Waals surface area (Å²) >= 11 is 1.46. The first-order chi connectivity index (χ1) is 9.63. The van der Waals surface area contributed by atoms with Crippen LogP contribution in [0.15, 0.2) is 34.3 Å². The highest BCUT2D eigenvalue weighted by molar-refractivity contribution is 7.12. The molecule has 0 bridgehead atoms. The van der Waals surface area contributed by atoms with Gasteiger partial charge >= 0.3 is 0 Å². The molecule has 1 aliphatic heterocycles. The van der Waals surface area contributed by atoms with Crippen molar-refractivity contribution in [2.75, 3.05) is 13.1 Å². The van der Waals surface area contributed by atoms with E-state index in [4.69, 9.17) is 9.15 Å². The van der Waals surface area contributed by atoms with Gasteiger partial charge in [0.1, 0.15) is 5.76 Å². The predicted molar refractivity (Wildman–Crippen MR) is 77.9 cm³/mol. The number of carbonyl (C=O) groups excluding carboxylic acids is 1. The van der Waals surface area contributed by atoms with Gasteiger partial charge in [-0.05, 0) is 32.0 Å². The molecule has 1 amide bonds. The molecule has 1 saturated heterocycles. The topological polar surface area (TPSA) is 42.7 Å². The lowest BCUT2D eigenvalue weighted by atomic mass is 10.2. The summed E-state index contributed by atoms with van der Waals surface area (Å²) in [6, 6.07) is 5.64. The molecule has 2 aromatic rings. The molecule has 1 fully saturated rings. The summed E-state index contributed by atoms with van der Waals surface area (Å²) in [6.07, 6.45) is 1.82. The van der Waals surface area contributed by atoms with Gasteiger partial charge < -0.3 is 14.1 Å². The Bertz CT molecular complexity index is 580. The minimum Gasteiger partial charge on any atom is -0.464 e. The SMILES string of the molecule is C[C@H]1CN(C(=O)c2cc(-c3ccco3)cs2)C[C@H](C)O1. The standard InChI is InChI=1S/C15H17NO3S/c1-10-7-16(8-11(2)19-10)15(17)14-6-12(9-20-14)13-4-3-5-18-13/h3-6,9-11H,7-8H2,1-2H3/t10-,11-/m0/s1. The van der Waals surface area contributed by atoms with E-state index in [1.807, 2.05) is 42.3 Å². The third-order valence-electron chi connectivity index (χ3n) is 3.32. The van der Waals surface area contributed by atoms with E-state index in [1.165, 1.54) is 11.3 Å². The van der Waals surface area contributed by atoms with Crippen molar-refractivity contribution in [2.45, 2.75) is 26.1 Å². The van der Waals surface area contributed by atoms with Crippen LogP contribution in [0.2, 0.25) is 0 Å². The number of rotatable bonds is 2. The molecule has 3 rings (SSSR count). The van der Waals surface area contributed by atoms with E-state index in [-0.39, 0.29) is 18.1 Å². The number of morpholine rings is 1. The van der Waals surface area contributed by atoms with Crippen LogP contribution in [-0.4, -0.2) is 36.1 Å². The molecule has 0 spiro atoms. The Morgan fingerprint density at radius 2 is 2.10 bits per heavy atom. The average molecular weight is 291 g/mol. The normalized spacial score (nSPS) is 23.0. The van der Waals surface area contributed by atoms with Gasteiger partial charge in [0.25, 0.3) is 5.91 Å². The molecule has 0 saturated carbocycles. The number of nitrogens with zero attached hydrogens (tertiary/aromatic N) is 1. The van der Waals surface area contributed by atoms with Crippen molar-refractivity contribution in [3.63, 3.8) is 0 Å². The fourth-order valence-electron chi connectivity index (χ4n) is 2.52. The van der Waals surface area contributed by atoms with Crippen molar-refractivity contribution in [2.24, 2.45) is 0 Å². The molecular formula is C15H17NO3S. The van der Waals surface area contributed by atoms with Crippen molar-refractivity contribution in [3.8, 4) is 11.3 Å². The lowest BCUT2D eigenvalue weighted by Gasteiger charge is -2.35. The number of hydrogen-bond acceptors (Lipinski definition) is 4. The van der Waals surface area contributed by atoms with Gasteiger partial charge in [-0.25, -0.2) is 0 Å². The number of furan rings is 1. The minimum atomic E-state index is 0.0785. The number of carbonyl (C=O) groups is 1. The van der Waals surface area contributed by atoms with Crippen molar-refractivity contribution in [3.05, 3.63) is 34.7 Å². The van der Waals surface area contributed by atoms with E-state index in [2.05, 4.69) is 0 Å². The number of amides is 1. The highest BCUT2D eigenvalue weighted by Crippen LogP contribution is 2.27. The van der Waals surface area contributed by atoms with Gasteiger partial charge in [0, 0.05) is 24.0 Å². The van der Waals surface area contributed by atoms with Crippen LogP contribution in [-0.2, 0) is 4.74 Å². The highest BCUT2D eigenvalue weighted by Gasteiger charge is 2.27. The summed E-state index contributed by atoms with van der Waals surface area (Å²) in [7, 11) is 0. The summed E-state index contributed by atoms with van der Waals surface area (Å²) in [4.78, 5) is 15.1. The Kier molecular flexibility index (Phi) is 3.63. The van der Waals surface area contributed by atoms with Crippen molar-refractivity contribution in [1.82, 2.24) is 4.90 Å². The zero-order valence-electron chi connectivity index (χ0n) is 11.5. The fourth-order valence-corrected chi connectivity index (χ4v) is 3.38. The molecule has 0 N–H and O–H groups in total. The Balaban J connectivity index is 1.77. The van der Waals surface area contributed by atoms with Crippen molar-refractivity contribution in [1.29, 1.82) is 0 Å². The summed E-state index contributed by atoms with van der Waals surface area (Å²) in [5.41, 5.74) is 0.956. The first kappa shape index (κ1) is 13.4. The summed E-state index contributed by atoms with van der Waals surface area (Å²) in [5.74, 6) is 0.874. The third kappa shape index (κ3) is 2.64. The van der Waals surface area contributed by atoms with Crippen LogP contribution in [0.4, 0.5) is 0 Å². The minimum absolute atomic E-state index is 0.0785. The Hall–Kier alpha value is -1.59. The first-order valence-electron chi connectivity index (χ1n) is 6.70. The maximum Gasteiger partial charge on any atom is 0.264 e. The molecule has 4 nitrogen and oxygen atoms in total. The molecule has 0 aromatic carbocycles. The van der Waals surface area contributed by atoms with E-state index in [9.17, 15) is 4.79 Å². The van der Waals surface area contributed by atoms with Gasteiger partial charge in [-0.2, -0.15) is 0 Å². The highest BCUT2D eigenvalue weighted by atomic mass is 32.1. The number of thiophene rings is 1. The molecule has 0 radical (unpaired) electrons. The molecule has 2 atom stereocenters. The van der Waals surface area contributed by atoms with Crippen LogP contribution < -0.4 is 0 Å². The van der Waals surface area contributed by atoms with E-state index in [0.717, 1.165) is 16.2 Å². The smallest absolute Gasteiger partial charge is 0.264 e. The maximum absolute atomic E-state index is 12.5. The second-order valence-corrected chi connectivity index (χ2v) is 6.06. The van der Waals surface area contributed by atoms with E-state index >= 15 is 0 Å². The maximum atomic E-state index is 12.5. The molecule has 3 heterocycles. The van der Waals surface area contributed by atoms with Crippen LogP contribution >= 0.6 is 11.3 Å². The van der Waals surface area contributed by atoms with Crippen LogP contribution in [0, 0.1) is 0 Å². The third-order valence-corrected chi connectivity index (χ3v) is 4.24. The second-order valence-electron chi connectivity index (χ2n) is 5.14. The molecule has 0 aliphatic carbocycles. The lowest BCUT2D eigenvalue weighted by Crippen LogP contribution is -2.48. The Morgan fingerprint density at radius 3 is 2.75 bits per heavy atom. The first-order valence-corrected chi connectivity index (χ1v) is 7.58. The van der Waals surface area contributed by atoms with E-state index in [0.29, 0.717) is 13.1 Å². The van der Waals surface area contributed by atoms with E-state index in [1.54, 1.807) is 6.26 Å². The molecular weight excluding hydrogens is 274 g/mol. The van der Waals surface area contributed by atoms with E-state index < -0.39 is 0 Å². The molecule has 106 valence electrons. The quantitative estimate of drug-likeness (QED) is 0.853. The van der Waals surface area contributed by atoms with Gasteiger partial charge in [-0.1, -0.05) is 0 Å². The van der Waals surface area contributed by atoms with Crippen molar-refractivity contribution < 1.29 is 13.9 Å². The van der Waals surface area contributed by atoms with Gasteiger partial charge in [0.2, 0.25) is 0 Å². The Morgan fingerprint density at radius 1 is 1.35 bits per heavy atom. The van der Waals surface area contributed by atoms with Crippen molar-refractivity contribution >= 4 is 17.2 Å². The second kappa shape index (κ2) is 5.42. The number of hydrogen-bond donors (Lipinski definition) is 0. The molecule has 1 aliphatic rings. The Labute approximate surface area is 122 Å². The summed E-state index contributed by atoms with van der Waals surface area (Å²) in [6.45, 7) is 5.30. The molecule has 20 heavy (non-hydrogen) atoms. The summed E-state index contributed by atoms with van der Waals surface area (Å²) in [5, 5.41) is 1.96. The lowest BCUT2D eigenvalue weighted by molar-refractivity contribution is -0.0585. The largest absolute Gasteiger partial charge is 0.464 e. The van der Waals surface area contributed by atoms with Crippen LogP contribution in [0.1, 0.15) is 23.5 Å². The summed E-state index contributed by atoms with van der Waals surface area (Å²) < 4.78 is 11.0. The van der Waals surface area contributed by atoms with Crippen LogP contribution in [0.25, 0.3) is 11.3 Å². The van der Waals surface area contributed by atoms with Gasteiger partial charge in [0.15, 0.2) is 0 Å². The zero-order chi connectivity index (χ0) is 14.1. The van der Waals surface area contributed by atoms with Gasteiger partial charge in [-0.3, -0.25) is 4.79 Å². The predicted octanol–water partition coefficient (Wildman–Crippen LogP) is 3.26.